The summed E-state index contributed by atoms with van der Waals surface area (Å²) in [4.78, 5) is 24.7. The van der Waals surface area contributed by atoms with Crippen molar-refractivity contribution in [3.05, 3.63) is 60.2 Å². The van der Waals surface area contributed by atoms with Crippen LogP contribution < -0.4 is 10.4 Å². The summed E-state index contributed by atoms with van der Waals surface area (Å²) in [5.74, 6) is -0.859. The molecule has 138 valence electrons. The van der Waals surface area contributed by atoms with Crippen LogP contribution in [0.4, 0.5) is 11.4 Å². The molecule has 0 fully saturated rings. The summed E-state index contributed by atoms with van der Waals surface area (Å²) in [5, 5.41) is 9.74. The maximum atomic E-state index is 12.4. The number of hydrazone groups is 2. The van der Waals surface area contributed by atoms with Crippen molar-refractivity contribution in [3.8, 4) is 0 Å². The van der Waals surface area contributed by atoms with Crippen LogP contribution in [0.2, 0.25) is 0 Å². The number of aryl methyl sites for hydroxylation is 1. The highest BCUT2D eigenvalue weighted by Crippen LogP contribution is 2.20. The van der Waals surface area contributed by atoms with E-state index in [0.717, 1.165) is 5.56 Å². The first-order valence-corrected chi connectivity index (χ1v) is 8.62. The number of para-hydroxylation sites is 1. The van der Waals surface area contributed by atoms with Gasteiger partial charge in [0.2, 0.25) is 0 Å². The van der Waals surface area contributed by atoms with Crippen molar-refractivity contribution in [3.63, 3.8) is 0 Å². The second-order valence-electron chi connectivity index (χ2n) is 5.92. The summed E-state index contributed by atoms with van der Waals surface area (Å²) in [5.41, 5.74) is 5.55. The van der Waals surface area contributed by atoms with Gasteiger partial charge in [0.15, 0.2) is 5.71 Å². The van der Waals surface area contributed by atoms with Crippen LogP contribution in [0.15, 0.2) is 64.8 Å². The zero-order chi connectivity index (χ0) is 19.2. The average molecular weight is 364 g/mol. The molecular weight excluding hydrogens is 344 g/mol. The van der Waals surface area contributed by atoms with E-state index in [9.17, 15) is 9.59 Å². The molecular formula is C20H20N4O3. The Morgan fingerprint density at radius 3 is 2.56 bits per heavy atom. The van der Waals surface area contributed by atoms with Crippen molar-refractivity contribution in [2.24, 2.45) is 10.2 Å². The standard InChI is InChI=1S/C20H20N4O3/c1-3-27-20(26)19(22-21-15-11-9-14(2)10-12-15)17-13-18(25)24(23-17)16-7-5-4-6-8-16/h4-12,21H,3,13H2,1-2H3/b22-19-. The number of nitrogens with zero attached hydrogens (tertiary/aromatic N) is 3. The molecule has 1 N–H and O–H groups in total. The highest BCUT2D eigenvalue weighted by atomic mass is 16.5. The normalized spacial score (nSPS) is 14.1. The number of rotatable bonds is 6. The third kappa shape index (κ3) is 4.38. The van der Waals surface area contributed by atoms with Crippen LogP contribution in [-0.2, 0) is 14.3 Å². The minimum Gasteiger partial charge on any atom is -0.461 e. The number of hydrogen-bond donors (Lipinski definition) is 1. The fourth-order valence-electron chi connectivity index (χ4n) is 2.51. The summed E-state index contributed by atoms with van der Waals surface area (Å²) in [7, 11) is 0. The van der Waals surface area contributed by atoms with E-state index in [1.165, 1.54) is 5.01 Å². The first kappa shape index (κ1) is 18.3. The molecule has 1 aliphatic heterocycles. The first-order valence-electron chi connectivity index (χ1n) is 8.62. The van der Waals surface area contributed by atoms with Crippen molar-refractivity contribution in [1.82, 2.24) is 0 Å². The lowest BCUT2D eigenvalue weighted by Crippen LogP contribution is -2.27. The van der Waals surface area contributed by atoms with Crippen LogP contribution in [0.5, 0.6) is 0 Å². The van der Waals surface area contributed by atoms with Gasteiger partial charge in [0.25, 0.3) is 5.91 Å². The number of esters is 1. The summed E-state index contributed by atoms with van der Waals surface area (Å²) in [6, 6.07) is 16.6. The maximum Gasteiger partial charge on any atom is 0.360 e. The van der Waals surface area contributed by atoms with Gasteiger partial charge in [0, 0.05) is 0 Å². The van der Waals surface area contributed by atoms with Crippen LogP contribution in [0.1, 0.15) is 18.9 Å². The van der Waals surface area contributed by atoms with Gasteiger partial charge in [-0.05, 0) is 38.1 Å². The summed E-state index contributed by atoms with van der Waals surface area (Å²) >= 11 is 0. The molecule has 27 heavy (non-hydrogen) atoms. The van der Waals surface area contributed by atoms with Crippen LogP contribution in [0.3, 0.4) is 0 Å². The summed E-state index contributed by atoms with van der Waals surface area (Å²) in [6.45, 7) is 3.89. The zero-order valence-corrected chi connectivity index (χ0v) is 15.2. The van der Waals surface area contributed by atoms with Crippen molar-refractivity contribution >= 4 is 34.7 Å². The lowest BCUT2D eigenvalue weighted by Gasteiger charge is -2.10. The first-order chi connectivity index (χ1) is 13.1. The number of benzene rings is 2. The van der Waals surface area contributed by atoms with Gasteiger partial charge in [-0.3, -0.25) is 10.2 Å². The van der Waals surface area contributed by atoms with Gasteiger partial charge in [-0.15, -0.1) is 0 Å². The molecule has 0 bridgehead atoms. The van der Waals surface area contributed by atoms with E-state index in [-0.39, 0.29) is 30.4 Å². The molecule has 0 unspecified atom stereocenters. The van der Waals surface area contributed by atoms with E-state index in [4.69, 9.17) is 4.74 Å². The van der Waals surface area contributed by atoms with Gasteiger partial charge in [0.1, 0.15) is 5.71 Å². The van der Waals surface area contributed by atoms with Crippen molar-refractivity contribution < 1.29 is 14.3 Å². The molecule has 0 atom stereocenters. The topological polar surface area (TPSA) is 83.4 Å². The van der Waals surface area contributed by atoms with E-state index >= 15 is 0 Å². The van der Waals surface area contributed by atoms with E-state index in [0.29, 0.717) is 11.4 Å². The molecule has 0 aromatic heterocycles. The van der Waals surface area contributed by atoms with E-state index in [2.05, 4.69) is 15.6 Å². The van der Waals surface area contributed by atoms with Crippen LogP contribution in [0, 0.1) is 6.92 Å². The third-order valence-corrected chi connectivity index (χ3v) is 3.87. The smallest absolute Gasteiger partial charge is 0.360 e. The Kier molecular flexibility index (Phi) is 5.61. The van der Waals surface area contributed by atoms with E-state index in [1.807, 2.05) is 49.4 Å². The van der Waals surface area contributed by atoms with E-state index in [1.54, 1.807) is 19.1 Å². The summed E-state index contributed by atoms with van der Waals surface area (Å²) in [6.07, 6.45) is -0.0257. The maximum absolute atomic E-state index is 12.4. The van der Waals surface area contributed by atoms with Gasteiger partial charge in [-0.25, -0.2) is 9.80 Å². The molecule has 2 aromatic carbocycles. The van der Waals surface area contributed by atoms with Crippen molar-refractivity contribution in [1.29, 1.82) is 0 Å². The fourth-order valence-corrected chi connectivity index (χ4v) is 2.51. The number of nitrogens with one attached hydrogen (secondary N) is 1. The number of amides is 1. The number of carbonyl (C=O) groups excluding carboxylic acids is 2. The lowest BCUT2D eigenvalue weighted by atomic mass is 10.1. The zero-order valence-electron chi connectivity index (χ0n) is 15.2. The molecule has 0 aliphatic carbocycles. The Hall–Kier alpha value is -3.48. The average Bonchev–Trinajstić information content (AvgIpc) is 3.06. The molecule has 0 spiro atoms. The van der Waals surface area contributed by atoms with Gasteiger partial charge in [0.05, 0.1) is 24.4 Å². The molecule has 2 aromatic rings. The largest absolute Gasteiger partial charge is 0.461 e. The predicted octanol–water partition coefficient (Wildman–Crippen LogP) is 3.12. The van der Waals surface area contributed by atoms with Gasteiger partial charge < -0.3 is 4.74 Å². The Morgan fingerprint density at radius 2 is 1.89 bits per heavy atom. The quantitative estimate of drug-likeness (QED) is 0.485. The van der Waals surface area contributed by atoms with Crippen LogP contribution in [0.25, 0.3) is 0 Å². The van der Waals surface area contributed by atoms with Gasteiger partial charge >= 0.3 is 5.97 Å². The van der Waals surface area contributed by atoms with Crippen molar-refractivity contribution in [2.75, 3.05) is 17.0 Å². The molecule has 0 saturated carbocycles. The van der Waals surface area contributed by atoms with Crippen LogP contribution >= 0.6 is 0 Å². The molecule has 1 amide bonds. The third-order valence-electron chi connectivity index (χ3n) is 3.87. The highest BCUT2D eigenvalue weighted by Gasteiger charge is 2.32. The number of anilines is 2. The number of hydrogen-bond acceptors (Lipinski definition) is 6. The monoisotopic (exact) mass is 364 g/mol. The Morgan fingerprint density at radius 1 is 1.19 bits per heavy atom. The Bertz CT molecular complexity index is 889. The molecule has 0 saturated heterocycles. The predicted molar refractivity (Wildman–Crippen MR) is 105 cm³/mol. The van der Waals surface area contributed by atoms with Gasteiger partial charge in [-0.1, -0.05) is 35.9 Å². The second-order valence-corrected chi connectivity index (χ2v) is 5.92. The fraction of sp³-hybridized carbons (Fsp3) is 0.200. The van der Waals surface area contributed by atoms with Crippen molar-refractivity contribution in [2.45, 2.75) is 20.3 Å². The minimum atomic E-state index is -0.626. The second kappa shape index (κ2) is 8.27. The lowest BCUT2D eigenvalue weighted by molar-refractivity contribution is -0.134. The SMILES string of the molecule is CCOC(=O)/C(=N\Nc1ccc(C)cc1)C1=NN(c2ccccc2)C(=O)C1. The molecule has 1 aliphatic rings. The molecule has 3 rings (SSSR count). The molecule has 7 nitrogen and oxygen atoms in total. The number of ether oxygens (including phenoxy) is 1. The van der Waals surface area contributed by atoms with E-state index < -0.39 is 5.97 Å². The molecule has 0 radical (unpaired) electrons. The number of carbonyl (C=O) groups is 2. The summed E-state index contributed by atoms with van der Waals surface area (Å²) < 4.78 is 5.08. The highest BCUT2D eigenvalue weighted by molar-refractivity contribution is 6.67. The Labute approximate surface area is 157 Å². The Balaban J connectivity index is 1.88. The van der Waals surface area contributed by atoms with Gasteiger partial charge in [-0.2, -0.15) is 10.2 Å². The molecule has 7 heteroatoms. The molecule has 1 heterocycles. The van der Waals surface area contributed by atoms with Crippen LogP contribution in [-0.4, -0.2) is 29.9 Å². The minimum absolute atomic E-state index is 0.00999.